The molecule has 0 aliphatic rings. The Bertz CT molecular complexity index is 891. The number of rotatable bonds is 14. The first kappa shape index (κ1) is 29.5. The maximum absolute atomic E-state index is 11.9. The SMILES string of the molecule is C=C(C)CCCC(C)(C)C/C=C/C(C)=C/C=C/C(C)=C\C(=O)N[C@@H](CS(=O)(=O)O)C(=O)O. The maximum atomic E-state index is 11.9. The van der Waals surface area contributed by atoms with Gasteiger partial charge in [0, 0.05) is 6.08 Å². The molecule has 3 N–H and O–H groups in total. The predicted octanol–water partition coefficient (Wildman–Crippen LogP) is 4.61. The third kappa shape index (κ3) is 16.3. The van der Waals surface area contributed by atoms with Crippen molar-refractivity contribution in [2.75, 3.05) is 5.75 Å². The van der Waals surface area contributed by atoms with Crippen molar-refractivity contribution in [2.45, 2.75) is 66.3 Å². The Labute approximate surface area is 192 Å². The fraction of sp³-hybridized carbons (Fsp3) is 0.500. The number of hydrogen-bond donors (Lipinski definition) is 3. The first-order chi connectivity index (χ1) is 14.6. The summed E-state index contributed by atoms with van der Waals surface area (Å²) in [6, 6.07) is -1.73. The van der Waals surface area contributed by atoms with Gasteiger partial charge in [-0.2, -0.15) is 8.42 Å². The molecule has 0 saturated heterocycles. The lowest BCUT2D eigenvalue weighted by molar-refractivity contribution is -0.140. The van der Waals surface area contributed by atoms with Crippen molar-refractivity contribution in [2.24, 2.45) is 5.41 Å². The monoisotopic (exact) mass is 467 g/mol. The standard InChI is InChI=1S/C24H37NO6S/c1-18(2)10-8-14-24(5,6)15-9-13-19(3)11-7-12-20(4)16-22(26)25-21(23(27)28)17-32(29,30)31/h7,9,11-13,16,21H,1,8,10,14-15,17H2,2-6H3,(H,25,26)(H,27,28)(H,29,30,31)/b12-7+,13-9+,19-11+,20-16-/t21-/m0/s1. The molecular weight excluding hydrogens is 430 g/mol. The maximum Gasteiger partial charge on any atom is 0.327 e. The van der Waals surface area contributed by atoms with Gasteiger partial charge in [0.25, 0.3) is 10.1 Å². The quantitative estimate of drug-likeness (QED) is 0.148. The topological polar surface area (TPSA) is 121 Å². The van der Waals surface area contributed by atoms with E-state index in [0.29, 0.717) is 5.57 Å². The van der Waals surface area contributed by atoms with Crippen molar-refractivity contribution >= 4 is 22.0 Å². The van der Waals surface area contributed by atoms with Crippen LogP contribution in [0, 0.1) is 5.41 Å². The summed E-state index contributed by atoms with van der Waals surface area (Å²) in [5.74, 6) is -3.42. The van der Waals surface area contributed by atoms with Gasteiger partial charge >= 0.3 is 5.97 Å². The fourth-order valence-electron chi connectivity index (χ4n) is 2.80. The number of hydrogen-bond acceptors (Lipinski definition) is 4. The summed E-state index contributed by atoms with van der Waals surface area (Å²) in [5, 5.41) is 11.0. The molecule has 0 unspecified atom stereocenters. The molecule has 7 nitrogen and oxygen atoms in total. The van der Waals surface area contributed by atoms with Gasteiger partial charge in [0.2, 0.25) is 5.91 Å². The van der Waals surface area contributed by atoms with Gasteiger partial charge in [-0.1, -0.05) is 55.4 Å². The Hall–Kier alpha value is -2.45. The molecule has 0 aromatic heterocycles. The summed E-state index contributed by atoms with van der Waals surface area (Å²) in [7, 11) is -4.54. The molecule has 0 aromatic rings. The van der Waals surface area contributed by atoms with E-state index < -0.39 is 33.8 Å². The molecule has 0 heterocycles. The number of aliphatic carboxylic acids is 1. The van der Waals surface area contributed by atoms with E-state index in [4.69, 9.17) is 9.66 Å². The van der Waals surface area contributed by atoms with Crippen molar-refractivity contribution in [1.82, 2.24) is 5.32 Å². The van der Waals surface area contributed by atoms with Gasteiger partial charge in [0.05, 0.1) is 0 Å². The van der Waals surface area contributed by atoms with Crippen molar-refractivity contribution in [3.63, 3.8) is 0 Å². The lowest BCUT2D eigenvalue weighted by atomic mass is 9.83. The van der Waals surface area contributed by atoms with Gasteiger partial charge in [-0.15, -0.1) is 6.58 Å². The highest BCUT2D eigenvalue weighted by atomic mass is 32.2. The van der Waals surface area contributed by atoms with E-state index >= 15 is 0 Å². The lowest BCUT2D eigenvalue weighted by Gasteiger charge is -2.22. The van der Waals surface area contributed by atoms with Gasteiger partial charge in [0.15, 0.2) is 0 Å². The predicted molar refractivity (Wildman–Crippen MR) is 129 cm³/mol. The largest absolute Gasteiger partial charge is 0.480 e. The second-order valence-corrected chi connectivity index (χ2v) is 10.4. The third-order valence-electron chi connectivity index (χ3n) is 4.58. The third-order valence-corrected chi connectivity index (χ3v) is 5.33. The van der Waals surface area contributed by atoms with Gasteiger partial charge < -0.3 is 10.4 Å². The molecule has 0 fully saturated rings. The smallest absolute Gasteiger partial charge is 0.327 e. The first-order valence-corrected chi connectivity index (χ1v) is 12.0. The molecule has 1 amide bonds. The van der Waals surface area contributed by atoms with Crippen LogP contribution in [0.2, 0.25) is 0 Å². The molecule has 0 bridgehead atoms. The minimum atomic E-state index is -4.54. The second-order valence-electron chi connectivity index (χ2n) is 8.89. The lowest BCUT2D eigenvalue weighted by Crippen LogP contribution is -2.44. The highest BCUT2D eigenvalue weighted by Gasteiger charge is 2.25. The number of carboxylic acids is 1. The van der Waals surface area contributed by atoms with E-state index in [2.05, 4.69) is 33.4 Å². The summed E-state index contributed by atoms with van der Waals surface area (Å²) in [5.41, 5.74) is 3.02. The van der Waals surface area contributed by atoms with Gasteiger partial charge in [0.1, 0.15) is 11.8 Å². The van der Waals surface area contributed by atoms with Gasteiger partial charge in [-0.3, -0.25) is 9.35 Å². The van der Waals surface area contributed by atoms with E-state index in [1.165, 1.54) is 5.57 Å². The van der Waals surface area contributed by atoms with E-state index in [1.807, 2.05) is 24.4 Å². The van der Waals surface area contributed by atoms with Crippen LogP contribution in [0.25, 0.3) is 0 Å². The number of carbonyl (C=O) groups is 2. The molecule has 180 valence electrons. The van der Waals surface area contributed by atoms with Crippen LogP contribution in [0.15, 0.2) is 59.8 Å². The number of carbonyl (C=O) groups excluding carboxylic acids is 1. The first-order valence-electron chi connectivity index (χ1n) is 10.4. The summed E-state index contributed by atoms with van der Waals surface area (Å²) in [4.78, 5) is 22.9. The molecule has 0 aromatic carbocycles. The van der Waals surface area contributed by atoms with Gasteiger partial charge in [-0.25, -0.2) is 4.79 Å². The van der Waals surface area contributed by atoms with Crippen LogP contribution in [0.5, 0.6) is 0 Å². The van der Waals surface area contributed by atoms with E-state index in [0.717, 1.165) is 37.3 Å². The Morgan fingerprint density at radius 3 is 2.28 bits per heavy atom. The molecule has 0 aliphatic carbocycles. The molecule has 0 rings (SSSR count). The van der Waals surface area contributed by atoms with E-state index in [9.17, 15) is 18.0 Å². The van der Waals surface area contributed by atoms with Crippen LogP contribution in [-0.4, -0.2) is 41.7 Å². The molecule has 8 heteroatoms. The molecule has 0 spiro atoms. The average molecular weight is 468 g/mol. The average Bonchev–Trinajstić information content (AvgIpc) is 2.58. The van der Waals surface area contributed by atoms with Crippen LogP contribution in [0.1, 0.15) is 60.3 Å². The van der Waals surface area contributed by atoms with Crippen LogP contribution in [0.3, 0.4) is 0 Å². The Kier molecular flexibility index (Phi) is 12.8. The summed E-state index contributed by atoms with van der Waals surface area (Å²) in [6.45, 7) is 14.1. The molecule has 0 saturated carbocycles. The zero-order valence-corrected chi connectivity index (χ0v) is 20.5. The second kappa shape index (κ2) is 13.9. The summed E-state index contributed by atoms with van der Waals surface area (Å²) < 4.78 is 30.5. The summed E-state index contributed by atoms with van der Waals surface area (Å²) in [6.07, 6.45) is 15.0. The van der Waals surface area contributed by atoms with Crippen molar-refractivity contribution in [1.29, 1.82) is 0 Å². The minimum absolute atomic E-state index is 0.220. The minimum Gasteiger partial charge on any atom is -0.480 e. The van der Waals surface area contributed by atoms with Crippen molar-refractivity contribution < 1.29 is 27.7 Å². The Morgan fingerprint density at radius 2 is 1.75 bits per heavy atom. The van der Waals surface area contributed by atoms with Crippen molar-refractivity contribution in [3.8, 4) is 0 Å². The highest BCUT2D eigenvalue weighted by molar-refractivity contribution is 7.85. The van der Waals surface area contributed by atoms with Gasteiger partial charge in [-0.05, 0) is 57.4 Å². The fourth-order valence-corrected chi connectivity index (χ4v) is 3.44. The van der Waals surface area contributed by atoms with Crippen LogP contribution in [-0.2, 0) is 19.7 Å². The molecule has 1 atom stereocenters. The van der Waals surface area contributed by atoms with E-state index in [-0.39, 0.29) is 5.41 Å². The molecule has 0 radical (unpaired) electrons. The number of nitrogens with one attached hydrogen (secondary N) is 1. The van der Waals surface area contributed by atoms with Crippen LogP contribution >= 0.6 is 0 Å². The summed E-state index contributed by atoms with van der Waals surface area (Å²) >= 11 is 0. The van der Waals surface area contributed by atoms with Crippen molar-refractivity contribution in [3.05, 3.63) is 59.8 Å². The number of carboxylic acid groups (broad SMARTS) is 1. The number of allylic oxidation sites excluding steroid dienone is 8. The zero-order valence-electron chi connectivity index (χ0n) is 19.7. The van der Waals surface area contributed by atoms with Crippen LogP contribution < -0.4 is 5.32 Å². The molecule has 32 heavy (non-hydrogen) atoms. The Morgan fingerprint density at radius 1 is 1.12 bits per heavy atom. The molecular formula is C24H37NO6S. The molecule has 0 aliphatic heterocycles. The normalized spacial score (nSPS) is 14.7. The van der Waals surface area contributed by atoms with E-state index in [1.54, 1.807) is 19.1 Å². The highest BCUT2D eigenvalue weighted by Crippen LogP contribution is 2.28. The Balaban J connectivity index is 4.78. The number of amides is 1. The zero-order chi connectivity index (χ0) is 24.9. The van der Waals surface area contributed by atoms with Crippen LogP contribution in [0.4, 0.5) is 0 Å².